The normalized spacial score (nSPS) is 11.5. The quantitative estimate of drug-likeness (QED) is 0.166. The predicted octanol–water partition coefficient (Wildman–Crippen LogP) is 3.20. The van der Waals surface area contributed by atoms with Gasteiger partial charge in [0, 0.05) is 10.8 Å². The number of hydrogen-bond acceptors (Lipinski definition) is 10. The second kappa shape index (κ2) is 12.2. The van der Waals surface area contributed by atoms with Crippen molar-refractivity contribution < 1.29 is 40.6 Å². The summed E-state index contributed by atoms with van der Waals surface area (Å²) in [4.78, 5) is 26.2. The van der Waals surface area contributed by atoms with Crippen molar-refractivity contribution in [2.45, 2.75) is 16.7 Å². The molecule has 0 aliphatic carbocycles. The van der Waals surface area contributed by atoms with E-state index in [2.05, 4.69) is 4.98 Å². The standard InChI is InChI=1S/C27H25N3O9S2/c1-20-7-11-22(12-8-20)41(35,36)30(17-39-19-32)27-25-6-4-3-5-24(25)26(15-28-27)29(16-38-18-31)40(33,34)23-13-9-21(37-2)10-14-23/h3-15,18-19H,16-17H2,1-2H3. The van der Waals surface area contributed by atoms with Crippen LogP contribution >= 0.6 is 0 Å². The summed E-state index contributed by atoms with van der Waals surface area (Å²) in [6, 6.07) is 18.0. The lowest BCUT2D eigenvalue weighted by Crippen LogP contribution is -2.35. The fourth-order valence-corrected chi connectivity index (χ4v) is 6.63. The van der Waals surface area contributed by atoms with E-state index in [1.54, 1.807) is 43.3 Å². The van der Waals surface area contributed by atoms with Crippen LogP contribution in [0.1, 0.15) is 5.56 Å². The van der Waals surface area contributed by atoms with E-state index in [-0.39, 0.29) is 45.0 Å². The van der Waals surface area contributed by atoms with Crippen molar-refractivity contribution in [3.05, 3.63) is 84.6 Å². The summed E-state index contributed by atoms with van der Waals surface area (Å²) in [5, 5.41) is 0.482. The molecule has 0 saturated heterocycles. The maximum absolute atomic E-state index is 13.7. The Labute approximate surface area is 236 Å². The van der Waals surface area contributed by atoms with Crippen LogP contribution in [-0.4, -0.2) is 55.3 Å². The van der Waals surface area contributed by atoms with Crippen molar-refractivity contribution in [1.29, 1.82) is 0 Å². The molecule has 0 amide bonds. The average Bonchev–Trinajstić information content (AvgIpc) is 2.98. The zero-order valence-electron chi connectivity index (χ0n) is 21.9. The van der Waals surface area contributed by atoms with Gasteiger partial charge < -0.3 is 14.2 Å². The Morgan fingerprint density at radius 3 is 1.80 bits per heavy atom. The van der Waals surface area contributed by atoms with Crippen LogP contribution in [0.3, 0.4) is 0 Å². The third kappa shape index (κ3) is 5.93. The minimum absolute atomic E-state index is 0.00556. The Hall–Kier alpha value is -4.69. The molecule has 0 aliphatic heterocycles. The lowest BCUT2D eigenvalue weighted by atomic mass is 10.1. The third-order valence-corrected chi connectivity index (χ3v) is 9.51. The smallest absolute Gasteiger partial charge is 0.294 e. The summed E-state index contributed by atoms with van der Waals surface area (Å²) in [5.41, 5.74) is 0.842. The Balaban J connectivity index is 1.90. The highest BCUT2D eigenvalue weighted by atomic mass is 32.2. The number of carbonyl (C=O) groups excluding carboxylic acids is 2. The van der Waals surface area contributed by atoms with Gasteiger partial charge in [0.05, 0.1) is 28.8 Å². The highest BCUT2D eigenvalue weighted by molar-refractivity contribution is 7.93. The van der Waals surface area contributed by atoms with Crippen molar-refractivity contribution in [1.82, 2.24) is 4.98 Å². The summed E-state index contributed by atoms with van der Waals surface area (Å²) in [6.45, 7) is 0.625. The number of nitrogens with zero attached hydrogens (tertiary/aromatic N) is 3. The predicted molar refractivity (Wildman–Crippen MR) is 149 cm³/mol. The molecule has 0 atom stereocenters. The molecule has 0 aliphatic rings. The average molecular weight is 600 g/mol. The molecule has 0 bridgehead atoms. The van der Waals surface area contributed by atoms with E-state index in [0.717, 1.165) is 20.4 Å². The molecule has 0 spiro atoms. The number of fused-ring (bicyclic) bond motifs is 1. The van der Waals surface area contributed by atoms with E-state index in [4.69, 9.17) is 14.2 Å². The minimum atomic E-state index is -4.31. The zero-order chi connectivity index (χ0) is 29.6. The van der Waals surface area contributed by atoms with Gasteiger partial charge in [0.2, 0.25) is 0 Å². The van der Waals surface area contributed by atoms with Gasteiger partial charge in [-0.2, -0.15) is 0 Å². The monoisotopic (exact) mass is 599 g/mol. The fraction of sp³-hybridized carbons (Fsp3) is 0.148. The zero-order valence-corrected chi connectivity index (χ0v) is 23.5. The summed E-state index contributed by atoms with van der Waals surface area (Å²) in [5.74, 6) is 0.313. The van der Waals surface area contributed by atoms with Gasteiger partial charge in [0.25, 0.3) is 33.0 Å². The first-order valence-electron chi connectivity index (χ1n) is 11.9. The number of rotatable bonds is 13. The van der Waals surface area contributed by atoms with Crippen molar-refractivity contribution in [2.75, 3.05) is 29.2 Å². The van der Waals surface area contributed by atoms with Crippen molar-refractivity contribution >= 4 is 55.3 Å². The van der Waals surface area contributed by atoms with Crippen LogP contribution < -0.4 is 13.3 Å². The van der Waals surface area contributed by atoms with Crippen LogP contribution in [0.4, 0.5) is 11.5 Å². The number of ether oxygens (including phenoxy) is 3. The Morgan fingerprint density at radius 2 is 1.24 bits per heavy atom. The molecule has 0 saturated carbocycles. The molecule has 4 rings (SSSR count). The molecule has 0 N–H and O–H groups in total. The van der Waals surface area contributed by atoms with E-state index < -0.39 is 33.5 Å². The molecular formula is C27H25N3O9S2. The van der Waals surface area contributed by atoms with Crippen molar-refractivity contribution in [2.24, 2.45) is 0 Å². The first kappa shape index (κ1) is 29.3. The molecule has 3 aromatic carbocycles. The highest BCUT2D eigenvalue weighted by Gasteiger charge is 2.32. The lowest BCUT2D eigenvalue weighted by molar-refractivity contribution is -0.129. The number of pyridine rings is 1. The Kier molecular flexibility index (Phi) is 8.74. The van der Waals surface area contributed by atoms with Crippen LogP contribution in [0.2, 0.25) is 0 Å². The van der Waals surface area contributed by atoms with Gasteiger partial charge in [-0.15, -0.1) is 0 Å². The minimum Gasteiger partial charge on any atom is -0.497 e. The van der Waals surface area contributed by atoms with Crippen LogP contribution in [0.5, 0.6) is 5.75 Å². The van der Waals surface area contributed by atoms with Crippen LogP contribution in [-0.2, 0) is 39.1 Å². The van der Waals surface area contributed by atoms with E-state index in [9.17, 15) is 26.4 Å². The molecular weight excluding hydrogens is 574 g/mol. The van der Waals surface area contributed by atoms with Gasteiger partial charge in [-0.25, -0.2) is 30.4 Å². The molecule has 12 nitrogen and oxygen atoms in total. The number of hydrogen-bond donors (Lipinski definition) is 0. The molecule has 4 aromatic rings. The SMILES string of the molecule is COc1ccc(S(=O)(=O)N(COC=O)c2cnc(N(COC=O)S(=O)(=O)c3ccc(C)cc3)c3ccccc23)cc1. The second-order valence-electron chi connectivity index (χ2n) is 8.49. The Morgan fingerprint density at radius 1 is 0.732 bits per heavy atom. The summed E-state index contributed by atoms with van der Waals surface area (Å²) >= 11 is 0. The first-order chi connectivity index (χ1) is 19.6. The number of aromatic nitrogens is 1. The van der Waals surface area contributed by atoms with E-state index in [1.165, 1.54) is 43.5 Å². The molecule has 214 valence electrons. The van der Waals surface area contributed by atoms with Crippen LogP contribution in [0.15, 0.2) is 88.8 Å². The van der Waals surface area contributed by atoms with Crippen LogP contribution in [0, 0.1) is 6.92 Å². The van der Waals surface area contributed by atoms with Gasteiger partial charge in [-0.1, -0.05) is 42.0 Å². The topological polar surface area (TPSA) is 149 Å². The maximum Gasteiger partial charge on any atom is 0.294 e. The lowest BCUT2D eigenvalue weighted by Gasteiger charge is -2.27. The van der Waals surface area contributed by atoms with E-state index in [1.807, 2.05) is 0 Å². The van der Waals surface area contributed by atoms with E-state index >= 15 is 0 Å². The van der Waals surface area contributed by atoms with Gasteiger partial charge in [0.1, 0.15) is 5.75 Å². The molecule has 14 heteroatoms. The molecule has 1 aromatic heterocycles. The first-order valence-corrected chi connectivity index (χ1v) is 14.8. The van der Waals surface area contributed by atoms with Gasteiger partial charge >= 0.3 is 0 Å². The summed E-state index contributed by atoms with van der Waals surface area (Å²) < 4.78 is 71.2. The van der Waals surface area contributed by atoms with Crippen LogP contribution in [0.25, 0.3) is 10.8 Å². The Bertz CT molecular complexity index is 1760. The number of methoxy groups -OCH3 is 1. The molecule has 41 heavy (non-hydrogen) atoms. The summed E-state index contributed by atoms with van der Waals surface area (Å²) in [7, 11) is -7.16. The highest BCUT2D eigenvalue weighted by Crippen LogP contribution is 2.36. The van der Waals surface area contributed by atoms with Crippen molar-refractivity contribution in [3.8, 4) is 5.75 Å². The molecule has 0 fully saturated rings. The number of benzene rings is 3. The van der Waals surface area contributed by atoms with Gasteiger partial charge in [-0.3, -0.25) is 9.59 Å². The van der Waals surface area contributed by atoms with Gasteiger partial charge in [0.15, 0.2) is 19.3 Å². The number of aryl methyl sites for hydroxylation is 1. The number of sulfonamides is 2. The molecule has 0 radical (unpaired) electrons. The summed E-state index contributed by atoms with van der Waals surface area (Å²) in [6.07, 6.45) is 1.14. The third-order valence-electron chi connectivity index (χ3n) is 6.03. The molecule has 0 unspecified atom stereocenters. The molecule has 1 heterocycles. The fourth-order valence-electron chi connectivity index (χ4n) is 3.98. The maximum atomic E-state index is 13.7. The largest absolute Gasteiger partial charge is 0.497 e. The number of carbonyl (C=O) groups is 2. The van der Waals surface area contributed by atoms with E-state index in [0.29, 0.717) is 5.75 Å². The van der Waals surface area contributed by atoms with Gasteiger partial charge in [-0.05, 0) is 43.3 Å². The second-order valence-corrected chi connectivity index (χ2v) is 12.2. The number of anilines is 2. The van der Waals surface area contributed by atoms with Crippen molar-refractivity contribution in [3.63, 3.8) is 0 Å².